The highest BCUT2D eigenvalue weighted by molar-refractivity contribution is 5.83. The van der Waals surface area contributed by atoms with Crippen LogP contribution in [0.1, 0.15) is 13.3 Å². The van der Waals surface area contributed by atoms with Gasteiger partial charge in [0.05, 0.1) is 0 Å². The van der Waals surface area contributed by atoms with E-state index in [9.17, 15) is 31.1 Å². The molecule has 0 heterocycles. The van der Waals surface area contributed by atoms with E-state index in [0.717, 1.165) is 0 Å². The Morgan fingerprint density at radius 3 is 2.00 bits per heavy atom. The van der Waals surface area contributed by atoms with E-state index in [1.807, 2.05) is 0 Å². The van der Waals surface area contributed by atoms with Crippen LogP contribution < -0.4 is 5.73 Å². The van der Waals surface area contributed by atoms with E-state index in [-0.39, 0.29) is 13.0 Å². The molecule has 0 aliphatic rings. The number of carbonyl (C=O) groups is 1. The Bertz CT molecular complexity index is 352. The number of carbonyl (C=O) groups excluding carboxylic acids is 1. The third-order valence-corrected chi connectivity index (χ3v) is 2.36. The molecule has 0 fully saturated rings. The number of hydrogen-bond acceptors (Lipinski definition) is 3. The first kappa shape index (κ1) is 18.3. The van der Waals surface area contributed by atoms with Crippen molar-refractivity contribution in [2.45, 2.75) is 25.7 Å². The number of amides is 1. The Morgan fingerprint density at radius 1 is 1.25 bits per heavy atom. The fourth-order valence-electron chi connectivity index (χ4n) is 1.37. The second-order valence-electron chi connectivity index (χ2n) is 3.78. The van der Waals surface area contributed by atoms with Gasteiger partial charge in [0.2, 0.25) is 11.8 Å². The van der Waals surface area contributed by atoms with Crippen molar-refractivity contribution in [3.8, 4) is 0 Å². The van der Waals surface area contributed by atoms with Crippen LogP contribution in [-0.2, 0) is 4.79 Å². The summed E-state index contributed by atoms with van der Waals surface area (Å²) in [4.78, 5) is 11.8. The lowest BCUT2D eigenvalue weighted by molar-refractivity contribution is -0.277. The van der Waals surface area contributed by atoms with Crippen LogP contribution in [0.15, 0.2) is 5.16 Å². The molecule has 0 rings (SSSR count). The summed E-state index contributed by atoms with van der Waals surface area (Å²) in [5.74, 6) is -6.60. The van der Waals surface area contributed by atoms with Crippen molar-refractivity contribution >= 4 is 11.7 Å². The molecule has 118 valence electrons. The Morgan fingerprint density at radius 2 is 1.70 bits per heavy atom. The minimum atomic E-state index is -5.74. The predicted octanol–water partition coefficient (Wildman–Crippen LogP) is 1.71. The summed E-state index contributed by atoms with van der Waals surface area (Å²) in [6.07, 6.45) is -11.8. The summed E-state index contributed by atoms with van der Waals surface area (Å²) in [6.45, 7) is 0.322. The predicted molar refractivity (Wildman–Crippen MR) is 55.9 cm³/mol. The minimum absolute atomic E-state index is 0.349. The molecule has 0 aromatic rings. The van der Waals surface area contributed by atoms with E-state index >= 15 is 0 Å². The molecule has 0 aliphatic heterocycles. The maximum absolute atomic E-state index is 12.4. The minimum Gasteiger partial charge on any atom is -0.409 e. The lowest BCUT2D eigenvalue weighted by Gasteiger charge is -2.28. The number of hydrogen-bond donors (Lipinski definition) is 2. The average Bonchev–Trinajstić information content (AvgIpc) is 2.25. The highest BCUT2D eigenvalue weighted by atomic mass is 19.4. The van der Waals surface area contributed by atoms with Crippen molar-refractivity contribution in [1.29, 1.82) is 0 Å². The number of nitrogens with zero attached hydrogens (tertiary/aromatic N) is 2. The first-order valence-electron chi connectivity index (χ1n) is 5.33. The molecule has 0 bridgehead atoms. The molecule has 0 saturated heterocycles. The second-order valence-corrected chi connectivity index (χ2v) is 3.78. The molecule has 0 aromatic carbocycles. The van der Waals surface area contributed by atoms with E-state index in [1.54, 1.807) is 0 Å². The summed E-state index contributed by atoms with van der Waals surface area (Å²) in [5.41, 5.74) is 5.04. The highest BCUT2D eigenvalue weighted by Crippen LogP contribution is 2.40. The molecule has 20 heavy (non-hydrogen) atoms. The van der Waals surface area contributed by atoms with Gasteiger partial charge >= 0.3 is 12.4 Å². The van der Waals surface area contributed by atoms with Gasteiger partial charge in [0.1, 0.15) is 5.84 Å². The largest absolute Gasteiger partial charge is 0.409 e. The lowest BCUT2D eigenvalue weighted by Crippen LogP contribution is -2.50. The fourth-order valence-corrected chi connectivity index (χ4v) is 1.37. The SMILES string of the molecule is CCN(CCC(N)=NO)C(=O)C(C(F)(F)F)C(F)(F)F. The van der Waals surface area contributed by atoms with Gasteiger partial charge in [-0.3, -0.25) is 4.79 Å². The molecule has 11 heteroatoms. The number of halogens is 6. The number of rotatable bonds is 5. The van der Waals surface area contributed by atoms with Crippen LogP contribution >= 0.6 is 0 Å². The summed E-state index contributed by atoms with van der Waals surface area (Å²) >= 11 is 0. The topological polar surface area (TPSA) is 78.9 Å². The molecule has 0 spiro atoms. The van der Waals surface area contributed by atoms with Crippen molar-refractivity contribution in [2.75, 3.05) is 13.1 Å². The van der Waals surface area contributed by atoms with Gasteiger partial charge in [0.15, 0.2) is 0 Å². The van der Waals surface area contributed by atoms with E-state index in [1.165, 1.54) is 6.92 Å². The van der Waals surface area contributed by atoms with E-state index in [0.29, 0.717) is 4.90 Å². The van der Waals surface area contributed by atoms with Crippen LogP contribution in [0.2, 0.25) is 0 Å². The smallest absolute Gasteiger partial charge is 0.409 e. The van der Waals surface area contributed by atoms with E-state index in [2.05, 4.69) is 5.16 Å². The highest BCUT2D eigenvalue weighted by Gasteiger charge is 2.61. The normalized spacial score (nSPS) is 13.7. The molecular weight excluding hydrogens is 296 g/mol. The van der Waals surface area contributed by atoms with E-state index in [4.69, 9.17) is 10.9 Å². The zero-order valence-corrected chi connectivity index (χ0v) is 10.3. The zero-order chi connectivity index (χ0) is 16.1. The number of oxime groups is 1. The van der Waals surface area contributed by atoms with Crippen LogP contribution in [0.3, 0.4) is 0 Å². The van der Waals surface area contributed by atoms with Gasteiger partial charge in [0, 0.05) is 19.5 Å². The molecule has 0 aromatic heterocycles. The maximum atomic E-state index is 12.4. The quantitative estimate of drug-likeness (QED) is 0.267. The molecular formula is C9H13F6N3O2. The molecule has 0 atom stereocenters. The van der Waals surface area contributed by atoms with Gasteiger partial charge in [-0.2, -0.15) is 26.3 Å². The van der Waals surface area contributed by atoms with E-state index < -0.39 is 36.6 Å². The van der Waals surface area contributed by atoms with Gasteiger partial charge < -0.3 is 15.8 Å². The van der Waals surface area contributed by atoms with Crippen LogP contribution in [0.25, 0.3) is 0 Å². The Kier molecular flexibility index (Phi) is 6.10. The molecule has 0 saturated carbocycles. The molecule has 3 N–H and O–H groups in total. The average molecular weight is 309 g/mol. The van der Waals surface area contributed by atoms with Crippen LogP contribution in [0.5, 0.6) is 0 Å². The Hall–Kier alpha value is -1.68. The van der Waals surface area contributed by atoms with Gasteiger partial charge in [-0.15, -0.1) is 0 Å². The Labute approximate surface area is 110 Å². The van der Waals surface area contributed by atoms with Gasteiger partial charge in [0.25, 0.3) is 0 Å². The second kappa shape index (κ2) is 6.66. The number of amidine groups is 1. The van der Waals surface area contributed by atoms with Crippen LogP contribution in [-0.4, -0.2) is 47.3 Å². The lowest BCUT2D eigenvalue weighted by atomic mass is 10.1. The fraction of sp³-hybridized carbons (Fsp3) is 0.778. The van der Waals surface area contributed by atoms with Crippen LogP contribution in [0.4, 0.5) is 26.3 Å². The summed E-state index contributed by atoms with van der Waals surface area (Å²) in [5, 5.41) is 10.7. The monoisotopic (exact) mass is 309 g/mol. The third kappa shape index (κ3) is 5.13. The van der Waals surface area contributed by atoms with Crippen LogP contribution in [0, 0.1) is 5.92 Å². The summed E-state index contributed by atoms with van der Waals surface area (Å²) in [7, 11) is 0. The van der Waals surface area contributed by atoms with Gasteiger partial charge in [-0.1, -0.05) is 5.16 Å². The molecule has 0 aliphatic carbocycles. The first-order valence-corrected chi connectivity index (χ1v) is 5.33. The van der Waals surface area contributed by atoms with Crippen molar-refractivity contribution in [3.63, 3.8) is 0 Å². The Balaban J connectivity index is 5.12. The molecule has 1 amide bonds. The maximum Gasteiger partial charge on any atom is 0.409 e. The first-order chi connectivity index (χ1) is 8.95. The molecule has 0 radical (unpaired) electrons. The van der Waals surface area contributed by atoms with Gasteiger partial charge in [-0.25, -0.2) is 0 Å². The van der Waals surface area contributed by atoms with Crippen molar-refractivity contribution in [1.82, 2.24) is 4.90 Å². The number of nitrogens with two attached hydrogens (primary N) is 1. The third-order valence-electron chi connectivity index (χ3n) is 2.36. The molecule has 0 unspecified atom stereocenters. The molecule has 5 nitrogen and oxygen atoms in total. The standard InChI is InChI=1S/C9H13F6N3O2/c1-2-18(4-3-5(16)17-20)7(19)6(8(10,11)12)9(13,14)15/h6,20H,2-4H2,1H3,(H2,16,17). The zero-order valence-electron chi connectivity index (χ0n) is 10.3. The van der Waals surface area contributed by atoms with Crippen molar-refractivity contribution in [2.24, 2.45) is 16.8 Å². The summed E-state index contributed by atoms with van der Waals surface area (Å²) in [6, 6.07) is 0. The van der Waals surface area contributed by atoms with Gasteiger partial charge in [-0.05, 0) is 6.92 Å². The van der Waals surface area contributed by atoms with Crippen molar-refractivity contribution < 1.29 is 36.3 Å². The number of alkyl halides is 6. The summed E-state index contributed by atoms with van der Waals surface area (Å²) < 4.78 is 74.2. The van der Waals surface area contributed by atoms with Crippen molar-refractivity contribution in [3.05, 3.63) is 0 Å².